The van der Waals surface area contributed by atoms with Gasteiger partial charge in [0.2, 0.25) is 0 Å². The van der Waals surface area contributed by atoms with E-state index in [0.29, 0.717) is 38.2 Å². The van der Waals surface area contributed by atoms with Crippen LogP contribution < -0.4 is 0 Å². The molecule has 2 aromatic rings. The maximum atomic E-state index is 13.4. The summed E-state index contributed by atoms with van der Waals surface area (Å²) in [6, 6.07) is 7.65. The predicted molar refractivity (Wildman–Crippen MR) is 97.7 cm³/mol. The van der Waals surface area contributed by atoms with E-state index in [9.17, 15) is 14.0 Å². The number of nitrogens with zero attached hydrogens (tertiary/aromatic N) is 3. The van der Waals surface area contributed by atoms with E-state index in [0.717, 1.165) is 17.0 Å². The SMILES string of the molecule is Cc1cc(C(=O)N2CCCN(C(=O)c3cccc(F)c3)CC2)c(C)n1C. The lowest BCUT2D eigenvalue weighted by atomic mass is 10.2. The molecule has 1 saturated heterocycles. The zero-order valence-corrected chi connectivity index (χ0v) is 15.5. The van der Waals surface area contributed by atoms with E-state index in [4.69, 9.17) is 0 Å². The van der Waals surface area contributed by atoms with Crippen LogP contribution in [0.2, 0.25) is 0 Å². The fourth-order valence-electron chi connectivity index (χ4n) is 3.37. The lowest BCUT2D eigenvalue weighted by molar-refractivity contribution is 0.0718. The molecule has 6 heteroatoms. The molecule has 26 heavy (non-hydrogen) atoms. The van der Waals surface area contributed by atoms with Crippen LogP contribution in [0.1, 0.15) is 38.5 Å². The highest BCUT2D eigenvalue weighted by Gasteiger charge is 2.25. The average molecular weight is 357 g/mol. The molecule has 0 N–H and O–H groups in total. The standard InChI is InChI=1S/C20H24FN3O2/c1-14-12-18(15(2)22(14)3)20(26)24-9-5-8-23(10-11-24)19(25)16-6-4-7-17(21)13-16/h4,6-7,12-13H,5,8-11H2,1-3H3. The second kappa shape index (κ2) is 7.32. The number of halogens is 1. The van der Waals surface area contributed by atoms with Gasteiger partial charge in [0, 0.05) is 50.2 Å². The molecule has 5 nitrogen and oxygen atoms in total. The molecule has 2 heterocycles. The Labute approximate surface area is 153 Å². The summed E-state index contributed by atoms with van der Waals surface area (Å²) in [4.78, 5) is 29.0. The highest BCUT2D eigenvalue weighted by molar-refractivity contribution is 5.96. The van der Waals surface area contributed by atoms with Crippen molar-refractivity contribution in [3.8, 4) is 0 Å². The summed E-state index contributed by atoms with van der Waals surface area (Å²) in [5.74, 6) is -0.603. The first-order valence-corrected chi connectivity index (χ1v) is 8.85. The highest BCUT2D eigenvalue weighted by atomic mass is 19.1. The van der Waals surface area contributed by atoms with Gasteiger partial charge < -0.3 is 14.4 Å². The smallest absolute Gasteiger partial charge is 0.255 e. The summed E-state index contributed by atoms with van der Waals surface area (Å²) in [5.41, 5.74) is 3.06. The van der Waals surface area contributed by atoms with Gasteiger partial charge in [-0.15, -0.1) is 0 Å². The second-order valence-electron chi connectivity index (χ2n) is 6.79. The zero-order chi connectivity index (χ0) is 18.8. The Morgan fingerprint density at radius 1 is 0.962 bits per heavy atom. The van der Waals surface area contributed by atoms with Crippen molar-refractivity contribution in [2.24, 2.45) is 7.05 Å². The van der Waals surface area contributed by atoms with E-state index in [2.05, 4.69) is 0 Å². The van der Waals surface area contributed by atoms with E-state index in [1.807, 2.05) is 31.5 Å². The molecular weight excluding hydrogens is 333 g/mol. The molecule has 0 atom stereocenters. The number of carbonyl (C=O) groups excluding carboxylic acids is 2. The van der Waals surface area contributed by atoms with Crippen molar-refractivity contribution < 1.29 is 14.0 Å². The Hall–Kier alpha value is -2.63. The fraction of sp³-hybridized carbons (Fsp3) is 0.400. The van der Waals surface area contributed by atoms with Gasteiger partial charge in [0.1, 0.15) is 5.82 Å². The lowest BCUT2D eigenvalue weighted by Crippen LogP contribution is -2.37. The Morgan fingerprint density at radius 3 is 2.19 bits per heavy atom. The van der Waals surface area contributed by atoms with Gasteiger partial charge in [0.05, 0.1) is 5.56 Å². The third-order valence-electron chi connectivity index (χ3n) is 5.15. The van der Waals surface area contributed by atoms with Crippen LogP contribution in [0.25, 0.3) is 0 Å². The monoisotopic (exact) mass is 357 g/mol. The van der Waals surface area contributed by atoms with Gasteiger partial charge in [-0.2, -0.15) is 0 Å². The molecule has 0 aliphatic carbocycles. The Kier molecular flexibility index (Phi) is 5.11. The molecule has 0 radical (unpaired) electrons. The van der Waals surface area contributed by atoms with Crippen LogP contribution in [-0.4, -0.2) is 52.4 Å². The Morgan fingerprint density at radius 2 is 1.62 bits per heavy atom. The molecule has 1 aromatic carbocycles. The van der Waals surface area contributed by atoms with Crippen LogP contribution >= 0.6 is 0 Å². The fourth-order valence-corrected chi connectivity index (χ4v) is 3.37. The number of rotatable bonds is 2. The molecule has 3 rings (SSSR count). The lowest BCUT2D eigenvalue weighted by Gasteiger charge is -2.22. The third-order valence-corrected chi connectivity index (χ3v) is 5.15. The van der Waals surface area contributed by atoms with Crippen molar-refractivity contribution >= 4 is 11.8 Å². The van der Waals surface area contributed by atoms with Crippen LogP contribution in [0.15, 0.2) is 30.3 Å². The molecule has 0 saturated carbocycles. The Bertz CT molecular complexity index is 844. The van der Waals surface area contributed by atoms with Crippen molar-refractivity contribution in [3.05, 3.63) is 58.7 Å². The molecule has 0 unspecified atom stereocenters. The number of carbonyl (C=O) groups is 2. The minimum atomic E-state index is -0.419. The first-order valence-electron chi connectivity index (χ1n) is 8.85. The summed E-state index contributed by atoms with van der Waals surface area (Å²) in [5, 5.41) is 0. The summed E-state index contributed by atoms with van der Waals surface area (Å²) in [6.45, 7) is 6.02. The number of hydrogen-bond donors (Lipinski definition) is 0. The largest absolute Gasteiger partial charge is 0.351 e. The second-order valence-corrected chi connectivity index (χ2v) is 6.79. The van der Waals surface area contributed by atoms with Crippen LogP contribution in [0.3, 0.4) is 0 Å². The normalized spacial score (nSPS) is 15.1. The minimum absolute atomic E-state index is 0.00579. The van der Waals surface area contributed by atoms with E-state index < -0.39 is 5.82 Å². The summed E-state index contributed by atoms with van der Waals surface area (Å²) in [7, 11) is 1.95. The van der Waals surface area contributed by atoms with Crippen molar-refractivity contribution in [2.45, 2.75) is 20.3 Å². The number of aromatic nitrogens is 1. The molecule has 1 aliphatic rings. The first kappa shape index (κ1) is 18.2. The maximum absolute atomic E-state index is 13.4. The minimum Gasteiger partial charge on any atom is -0.351 e. The number of benzene rings is 1. The molecule has 0 bridgehead atoms. The van der Waals surface area contributed by atoms with Crippen molar-refractivity contribution in [3.63, 3.8) is 0 Å². The third kappa shape index (κ3) is 3.49. The zero-order valence-electron chi connectivity index (χ0n) is 15.5. The molecule has 1 fully saturated rings. The highest BCUT2D eigenvalue weighted by Crippen LogP contribution is 2.17. The average Bonchev–Trinajstić information content (AvgIpc) is 2.83. The summed E-state index contributed by atoms with van der Waals surface area (Å²) >= 11 is 0. The van der Waals surface area contributed by atoms with Gasteiger partial charge in [-0.25, -0.2) is 4.39 Å². The van der Waals surface area contributed by atoms with Gasteiger partial charge in [0.25, 0.3) is 11.8 Å². The molecule has 138 valence electrons. The van der Waals surface area contributed by atoms with E-state index in [1.165, 1.54) is 18.2 Å². The quantitative estimate of drug-likeness (QED) is 0.830. The molecular formula is C20H24FN3O2. The number of aryl methyl sites for hydroxylation is 1. The van der Waals surface area contributed by atoms with Crippen molar-refractivity contribution in [2.75, 3.05) is 26.2 Å². The Balaban J connectivity index is 1.71. The van der Waals surface area contributed by atoms with Crippen LogP contribution in [0.5, 0.6) is 0 Å². The summed E-state index contributed by atoms with van der Waals surface area (Å²) < 4.78 is 15.4. The van der Waals surface area contributed by atoms with Gasteiger partial charge in [0.15, 0.2) is 0 Å². The van der Waals surface area contributed by atoms with Gasteiger partial charge in [-0.3, -0.25) is 9.59 Å². The molecule has 1 aliphatic heterocycles. The van der Waals surface area contributed by atoms with Crippen molar-refractivity contribution in [1.29, 1.82) is 0 Å². The van der Waals surface area contributed by atoms with E-state index in [1.54, 1.807) is 15.9 Å². The van der Waals surface area contributed by atoms with Crippen LogP contribution in [0, 0.1) is 19.7 Å². The first-order chi connectivity index (χ1) is 12.4. The number of amides is 2. The topological polar surface area (TPSA) is 45.6 Å². The van der Waals surface area contributed by atoms with Crippen LogP contribution in [-0.2, 0) is 7.05 Å². The molecule has 2 amide bonds. The van der Waals surface area contributed by atoms with E-state index >= 15 is 0 Å². The van der Waals surface area contributed by atoms with Gasteiger partial charge in [-0.05, 0) is 44.5 Å². The molecule has 1 aromatic heterocycles. The predicted octanol–water partition coefficient (Wildman–Crippen LogP) is 2.77. The van der Waals surface area contributed by atoms with Gasteiger partial charge >= 0.3 is 0 Å². The molecule has 0 spiro atoms. The van der Waals surface area contributed by atoms with E-state index in [-0.39, 0.29) is 11.8 Å². The van der Waals surface area contributed by atoms with Gasteiger partial charge in [-0.1, -0.05) is 6.07 Å². The van der Waals surface area contributed by atoms with Crippen molar-refractivity contribution in [1.82, 2.24) is 14.4 Å². The number of hydrogen-bond acceptors (Lipinski definition) is 2. The van der Waals surface area contributed by atoms with Crippen LogP contribution in [0.4, 0.5) is 4.39 Å². The summed E-state index contributed by atoms with van der Waals surface area (Å²) in [6.07, 6.45) is 0.706. The maximum Gasteiger partial charge on any atom is 0.255 e.